The number of oxime groups is 4. The lowest BCUT2D eigenvalue weighted by atomic mass is 9.83. The number of aliphatic hydroxyl groups excluding tert-OH is 8. The number of aryl methyl sites for hydroxylation is 1. The van der Waals surface area contributed by atoms with E-state index in [1.165, 1.54) is 56.1 Å². The van der Waals surface area contributed by atoms with Crippen LogP contribution in [0.15, 0.2) is 142 Å². The van der Waals surface area contributed by atoms with Crippen LogP contribution in [0.4, 0.5) is 0 Å². The molecule has 0 aliphatic heterocycles. The van der Waals surface area contributed by atoms with Crippen LogP contribution >= 0.6 is 0 Å². The molecule has 4 aromatic heterocycles. The fourth-order valence-corrected chi connectivity index (χ4v) is 14.6. The van der Waals surface area contributed by atoms with Crippen molar-refractivity contribution in [3.63, 3.8) is 0 Å². The minimum absolute atomic E-state index is 0.0406. The van der Waals surface area contributed by atoms with E-state index in [4.69, 9.17) is 44.0 Å². The van der Waals surface area contributed by atoms with E-state index in [0.29, 0.717) is 6.42 Å². The predicted octanol–water partition coefficient (Wildman–Crippen LogP) is 5.59. The Labute approximate surface area is 773 Å². The van der Waals surface area contributed by atoms with Crippen molar-refractivity contribution < 1.29 is 128 Å². The third kappa shape index (κ3) is 34.4. The number of aliphatic carboxylic acids is 2. The smallest absolute Gasteiger partial charge is 0.326 e. The fourth-order valence-electron chi connectivity index (χ4n) is 14.6. The number of carboxylic acids is 2. The van der Waals surface area contributed by atoms with Gasteiger partial charge in [0.25, 0.3) is 17.7 Å². The van der Waals surface area contributed by atoms with Crippen LogP contribution in [-0.2, 0) is 109 Å². The number of nitrogens with zero attached hydrogens (tertiary/aromatic N) is 5. The van der Waals surface area contributed by atoms with Gasteiger partial charge in [0.2, 0.25) is 11.8 Å². The van der Waals surface area contributed by atoms with Crippen LogP contribution in [0, 0.1) is 29.1 Å². The molecule has 0 saturated carbocycles. The Balaban J connectivity index is 0.000000314. The van der Waals surface area contributed by atoms with Gasteiger partial charge in [-0.2, -0.15) is 0 Å². The summed E-state index contributed by atoms with van der Waals surface area (Å²) in [7, 11) is 7.69. The third-order valence-electron chi connectivity index (χ3n) is 21.4. The highest BCUT2D eigenvalue weighted by Gasteiger charge is 2.38. The maximum atomic E-state index is 12.6. The fraction of sp³-hybridized carbons (Fsp3) is 0.532. The first-order valence-electron chi connectivity index (χ1n) is 43.7. The molecule has 0 bridgehead atoms. The van der Waals surface area contributed by atoms with E-state index in [9.17, 15) is 89.4 Å². The summed E-state index contributed by atoms with van der Waals surface area (Å²) in [4.78, 5) is 127. The second-order valence-corrected chi connectivity index (χ2v) is 34.7. The number of hydrogen-bond acceptors (Lipinski definition) is 28. The summed E-state index contributed by atoms with van der Waals surface area (Å²) < 4.78 is 23.4. The SMILES string of the molecule is CO[C@H](/C(=N/OCC(=O)C[C@@H](Cc1cn(C)c2ccccc12)C(=O)O)[C@@H](O)[C@@H](C)O)C(C)(C)C.CO[C@H](/C(=N/OCC(=O)N[C@@H](C)C(=O)N[C@H](C)Cc1c[nH]c2ccccc12)[C@@H](O)[C@@H](C)O)C(C)C.CO[C@H](/C(=N/OCC(=O)N[C@@H](Cc1c[nH]c2ccccc12)C(=O)O)[C@@H](O)[C@@H](C)O)C(C)C.CO[C@H](/C(=N/OCC(=O)N[C@@H](Cc1c[nH]c2ccccc12)C(N)=O)[C@@H](O)[C@@H](C)O)C(C)C. The zero-order chi connectivity index (χ0) is 99.4. The monoisotopic (exact) mass is 1860 g/mol. The number of aromatic nitrogens is 4. The van der Waals surface area contributed by atoms with Gasteiger partial charge < -0.3 is 136 Å². The summed E-state index contributed by atoms with van der Waals surface area (Å²) in [5.41, 5.74) is 12.6. The molecule has 8 rings (SSSR count). The van der Waals surface area contributed by atoms with Gasteiger partial charge in [-0.15, -0.1) is 0 Å². The number of carbonyl (C=O) groups excluding carboxylic acids is 6. The molecule has 0 saturated heterocycles. The summed E-state index contributed by atoms with van der Waals surface area (Å²) >= 11 is 0. The highest BCUT2D eigenvalue weighted by Crippen LogP contribution is 2.29. The third-order valence-corrected chi connectivity index (χ3v) is 21.4. The number of rotatable bonds is 49. The van der Waals surface area contributed by atoms with E-state index >= 15 is 0 Å². The first kappa shape index (κ1) is 112. The van der Waals surface area contributed by atoms with Crippen molar-refractivity contribution in [2.24, 2.45) is 62.5 Å². The largest absolute Gasteiger partial charge is 0.481 e. The molecule has 0 spiro atoms. The molecule has 8 aromatic rings. The van der Waals surface area contributed by atoms with Crippen LogP contribution in [0.2, 0.25) is 0 Å². The normalized spacial score (nSPS) is 16.1. The van der Waals surface area contributed by atoms with Crippen LogP contribution < -0.4 is 27.0 Å². The number of aromatic amines is 3. The molecule has 4 heterocycles. The Bertz CT molecular complexity index is 5000. The zero-order valence-corrected chi connectivity index (χ0v) is 79.3. The second-order valence-electron chi connectivity index (χ2n) is 34.7. The predicted molar refractivity (Wildman–Crippen MR) is 501 cm³/mol. The number of hydrogen-bond donors (Lipinski definition) is 18. The number of ether oxygens (including phenoxy) is 4. The zero-order valence-electron chi connectivity index (χ0n) is 79.3. The molecule has 133 heavy (non-hydrogen) atoms. The van der Waals surface area contributed by atoms with Gasteiger partial charge in [-0.25, -0.2) is 4.79 Å². The molecule has 39 nitrogen and oxygen atoms in total. The lowest BCUT2D eigenvalue weighted by molar-refractivity contribution is -0.144. The molecular weight excluding hydrogens is 1730 g/mol. The number of carboxylic acid groups (broad SMARTS) is 2. The molecular formula is C94H137N13O26. The number of nitrogens with two attached hydrogens (primary N) is 1. The number of amides is 5. The molecule has 39 heteroatoms. The number of fused-ring (bicyclic) bond motifs is 4. The number of para-hydroxylation sites is 4. The van der Waals surface area contributed by atoms with Crippen LogP contribution in [0.25, 0.3) is 43.6 Å². The molecule has 0 fully saturated rings. The Morgan fingerprint density at radius 3 is 1.13 bits per heavy atom. The lowest BCUT2D eigenvalue weighted by Gasteiger charge is -2.32. The summed E-state index contributed by atoms with van der Waals surface area (Å²) in [6, 6.07) is 27.7. The van der Waals surface area contributed by atoms with Crippen molar-refractivity contribution in [3.05, 3.63) is 144 Å². The van der Waals surface area contributed by atoms with Crippen molar-refractivity contribution in [1.29, 1.82) is 0 Å². The van der Waals surface area contributed by atoms with E-state index in [1.54, 1.807) is 19.3 Å². The molecule has 0 aliphatic rings. The van der Waals surface area contributed by atoms with Crippen molar-refractivity contribution >= 4 is 114 Å². The Morgan fingerprint density at radius 1 is 0.421 bits per heavy atom. The van der Waals surface area contributed by atoms with Crippen molar-refractivity contribution in [1.82, 2.24) is 40.8 Å². The van der Waals surface area contributed by atoms with Crippen molar-refractivity contribution in [3.8, 4) is 0 Å². The first-order chi connectivity index (χ1) is 62.7. The molecule has 0 radical (unpaired) electrons. The van der Waals surface area contributed by atoms with Gasteiger partial charge in [0.05, 0.1) is 30.3 Å². The van der Waals surface area contributed by atoms with Gasteiger partial charge in [0, 0.05) is 129 Å². The highest BCUT2D eigenvalue weighted by molar-refractivity contribution is 5.97. The molecule has 4 aromatic carbocycles. The summed E-state index contributed by atoms with van der Waals surface area (Å²) in [5, 5.41) is 129. The molecule has 734 valence electrons. The second kappa shape index (κ2) is 54.5. The summed E-state index contributed by atoms with van der Waals surface area (Å²) in [6.45, 7) is 23.9. The van der Waals surface area contributed by atoms with Gasteiger partial charge in [-0.1, -0.05) is 156 Å². The van der Waals surface area contributed by atoms with Crippen LogP contribution in [0.5, 0.6) is 0 Å². The number of benzene rings is 4. The Hall–Kier alpha value is -11.6. The molecule has 17 atom stereocenters. The standard InChI is InChI=1S/C25H38N4O6.C25H36N2O7.C22H32N4O6.C22H31N3O7/c1-14(2)24(34-6)22(23(32)17(5)30)29-35-13-21(31)28-16(4)25(33)27-15(3)11-18-12-26-20-10-8-7-9-19(18)20;1-15(28)22(30)21(23(33-6)25(2,3)4)26-34-14-18(29)12-16(24(31)32)11-17-13-27(5)20-10-8-7-9-19(17)20;1-12(2)21(31-4)19(20(29)13(3)27)26-32-11-18(28)25-17(22(23)30)9-14-10-24-16-8-6-5-7-15(14)16;1-12(2)21(31-4)19(20(28)13(3)26)25-32-11-18(27)24-17(22(29)30)9-14-10-23-16-8-6-5-7-15(14)16/h7-10,12,14-17,23-24,26,30,32H,11,13H2,1-6H3,(H,27,33)(H,28,31);7-10,13,15-16,22-23,28,30H,11-12,14H2,1-6H3,(H,31,32);5-8,10,12-13,17,20-21,24,27,29H,9,11H2,1-4H3,(H2,23,30)(H,25,28);5-8,10,12-13,17,20-21,23,26,28H,9,11H2,1-4H3,(H,24,27)(H,29,30)/b29-22+;26-21+;26-19+;25-19+/t15-,16+,17-,23+,24+;15-,16-,22+,23-;2*13-,17+,20+,21+/m1111/s1. The lowest BCUT2D eigenvalue weighted by Crippen LogP contribution is -2.48. The number of methoxy groups -OCH3 is 4. The van der Waals surface area contributed by atoms with E-state index in [-0.39, 0.29) is 78.2 Å². The topological polar surface area (TPSA) is 589 Å². The number of Topliss-reactive ketones (excluding diaryl/α,β-unsaturated/α-hetero) is 1. The molecule has 0 unspecified atom stereocenters. The molecule has 19 N–H and O–H groups in total. The number of ketones is 1. The minimum Gasteiger partial charge on any atom is -0.481 e. The molecule has 5 amide bonds. The van der Waals surface area contributed by atoms with Gasteiger partial charge in [-0.05, 0) is 124 Å². The van der Waals surface area contributed by atoms with Gasteiger partial charge in [0.15, 0.2) is 32.2 Å². The summed E-state index contributed by atoms with van der Waals surface area (Å²) in [5.74, 6) is -6.68. The average molecular weight is 1870 g/mol. The number of H-pyrrole nitrogens is 3. The summed E-state index contributed by atoms with van der Waals surface area (Å²) in [6.07, 6.45) is -4.14. The number of nitrogens with one attached hydrogen (secondary N) is 7. The maximum absolute atomic E-state index is 12.6. The first-order valence-corrected chi connectivity index (χ1v) is 43.7. The minimum atomic E-state index is -1.35. The van der Waals surface area contributed by atoms with E-state index < -0.39 is 170 Å². The van der Waals surface area contributed by atoms with E-state index in [1.807, 2.05) is 190 Å². The van der Waals surface area contributed by atoms with Gasteiger partial charge in [0.1, 0.15) is 89.8 Å². The van der Waals surface area contributed by atoms with Crippen LogP contribution in [0.1, 0.15) is 133 Å². The van der Waals surface area contributed by atoms with Crippen molar-refractivity contribution in [2.75, 3.05) is 54.9 Å². The number of primary amides is 1. The quantitative estimate of drug-likeness (QED) is 0.0163. The van der Waals surface area contributed by atoms with Gasteiger partial charge in [-0.3, -0.25) is 33.6 Å². The molecule has 0 aliphatic carbocycles. The average Bonchev–Trinajstić information content (AvgIpc) is 1.71. The highest BCUT2D eigenvalue weighted by atomic mass is 16.6. The van der Waals surface area contributed by atoms with Crippen molar-refractivity contribution in [2.45, 2.75) is 233 Å². The van der Waals surface area contributed by atoms with E-state index in [0.717, 1.165) is 65.9 Å². The van der Waals surface area contributed by atoms with Crippen LogP contribution in [-0.4, -0.2) is 293 Å². The Kier molecular flexibility index (Phi) is 45.9. The van der Waals surface area contributed by atoms with E-state index in [2.05, 4.69) is 56.8 Å². The maximum Gasteiger partial charge on any atom is 0.326 e. The number of carbonyl (C=O) groups is 8. The number of aliphatic hydroxyl groups is 8. The van der Waals surface area contributed by atoms with Crippen LogP contribution in [0.3, 0.4) is 0 Å². The van der Waals surface area contributed by atoms with Gasteiger partial charge >= 0.3 is 11.9 Å². The Morgan fingerprint density at radius 2 is 0.767 bits per heavy atom.